The number of aliphatic hydroxyl groups excluding tert-OH is 1. The molecule has 0 aliphatic carbocycles. The molecule has 0 aliphatic heterocycles. The normalized spacial score (nSPS) is 10.5. The molecule has 1 heterocycles. The standard InChI is InChI=1S/C6H8FIN2O/c7-1-2-10-6(4-11)5(8)3-9-10/h3,11H,1-2,4H2. The van der Waals surface area contributed by atoms with Crippen molar-refractivity contribution < 1.29 is 9.50 Å². The van der Waals surface area contributed by atoms with E-state index in [0.717, 1.165) is 3.57 Å². The summed E-state index contributed by atoms with van der Waals surface area (Å²) in [5.41, 5.74) is 0.684. The number of aryl methyl sites for hydroxylation is 1. The van der Waals surface area contributed by atoms with Gasteiger partial charge in [0.05, 0.1) is 28.6 Å². The Morgan fingerprint density at radius 2 is 2.45 bits per heavy atom. The van der Waals surface area contributed by atoms with E-state index in [0.29, 0.717) is 5.69 Å². The number of nitrogens with zero attached hydrogens (tertiary/aromatic N) is 2. The average Bonchev–Trinajstić information content (AvgIpc) is 2.33. The van der Waals surface area contributed by atoms with E-state index < -0.39 is 6.67 Å². The quantitative estimate of drug-likeness (QED) is 0.830. The fourth-order valence-corrected chi connectivity index (χ4v) is 1.39. The van der Waals surface area contributed by atoms with Crippen LogP contribution in [0, 0.1) is 3.57 Å². The van der Waals surface area contributed by atoms with Crippen molar-refractivity contribution >= 4 is 22.6 Å². The van der Waals surface area contributed by atoms with Crippen LogP contribution in [-0.4, -0.2) is 21.6 Å². The van der Waals surface area contributed by atoms with Gasteiger partial charge in [-0.05, 0) is 22.6 Å². The van der Waals surface area contributed by atoms with Gasteiger partial charge in [-0.25, -0.2) is 4.39 Å². The van der Waals surface area contributed by atoms with Crippen molar-refractivity contribution in [2.45, 2.75) is 13.2 Å². The molecule has 0 saturated carbocycles. The number of halogens is 2. The van der Waals surface area contributed by atoms with Crippen LogP contribution in [0.25, 0.3) is 0 Å². The molecule has 5 heteroatoms. The molecule has 0 aromatic carbocycles. The predicted molar refractivity (Wildman–Crippen MR) is 46.8 cm³/mol. The highest BCUT2D eigenvalue weighted by atomic mass is 127. The Bertz CT molecular complexity index is 238. The molecule has 0 radical (unpaired) electrons. The van der Waals surface area contributed by atoms with Gasteiger partial charge in [0.1, 0.15) is 6.67 Å². The van der Waals surface area contributed by atoms with Gasteiger partial charge in [0.2, 0.25) is 0 Å². The third-order valence-corrected chi connectivity index (χ3v) is 2.24. The summed E-state index contributed by atoms with van der Waals surface area (Å²) in [5, 5.41) is 12.7. The number of hydrogen-bond donors (Lipinski definition) is 1. The smallest absolute Gasteiger partial charge is 0.109 e. The van der Waals surface area contributed by atoms with Gasteiger partial charge in [-0.2, -0.15) is 5.10 Å². The lowest BCUT2D eigenvalue weighted by Crippen LogP contribution is -2.06. The van der Waals surface area contributed by atoms with Crippen molar-refractivity contribution in [2.75, 3.05) is 6.67 Å². The van der Waals surface area contributed by atoms with Gasteiger partial charge < -0.3 is 5.11 Å². The molecule has 0 unspecified atom stereocenters. The molecule has 0 spiro atoms. The first-order valence-corrected chi connectivity index (χ1v) is 4.24. The van der Waals surface area contributed by atoms with Gasteiger partial charge in [0.15, 0.2) is 0 Å². The van der Waals surface area contributed by atoms with Crippen LogP contribution in [0.5, 0.6) is 0 Å². The van der Waals surface area contributed by atoms with E-state index in [4.69, 9.17) is 5.11 Å². The second kappa shape index (κ2) is 4.01. The Balaban J connectivity index is 2.86. The van der Waals surface area contributed by atoms with Gasteiger partial charge >= 0.3 is 0 Å². The fraction of sp³-hybridized carbons (Fsp3) is 0.500. The Kier molecular flexibility index (Phi) is 3.25. The Hall–Kier alpha value is -0.170. The number of hydrogen-bond acceptors (Lipinski definition) is 2. The maximum Gasteiger partial charge on any atom is 0.109 e. The highest BCUT2D eigenvalue weighted by Gasteiger charge is 2.05. The van der Waals surface area contributed by atoms with Crippen molar-refractivity contribution in [2.24, 2.45) is 0 Å². The van der Waals surface area contributed by atoms with E-state index in [1.165, 1.54) is 4.68 Å². The topological polar surface area (TPSA) is 38.1 Å². The van der Waals surface area contributed by atoms with E-state index in [1.807, 2.05) is 0 Å². The van der Waals surface area contributed by atoms with Crippen LogP contribution in [0.2, 0.25) is 0 Å². The minimum atomic E-state index is -0.454. The molecule has 62 valence electrons. The maximum absolute atomic E-state index is 11.9. The molecule has 0 saturated heterocycles. The number of alkyl halides is 1. The summed E-state index contributed by atoms with van der Waals surface area (Å²) in [4.78, 5) is 0. The average molecular weight is 270 g/mol. The number of rotatable bonds is 3. The van der Waals surface area contributed by atoms with Crippen LogP contribution >= 0.6 is 22.6 Å². The third kappa shape index (κ3) is 1.90. The lowest BCUT2D eigenvalue weighted by Gasteiger charge is -2.01. The van der Waals surface area contributed by atoms with Crippen LogP contribution in [0.1, 0.15) is 5.69 Å². The molecule has 1 aromatic rings. The summed E-state index contributed by atoms with van der Waals surface area (Å²) in [7, 11) is 0. The SMILES string of the molecule is OCc1c(I)cnn1CCF. The van der Waals surface area contributed by atoms with Gasteiger partial charge in [-0.3, -0.25) is 4.68 Å². The first-order valence-electron chi connectivity index (χ1n) is 3.16. The Morgan fingerprint density at radius 1 is 1.73 bits per heavy atom. The van der Waals surface area contributed by atoms with E-state index in [1.54, 1.807) is 6.20 Å². The first kappa shape index (κ1) is 8.92. The Labute approximate surface area is 77.4 Å². The summed E-state index contributed by atoms with van der Waals surface area (Å²) >= 11 is 2.06. The Morgan fingerprint density at radius 3 is 3.00 bits per heavy atom. The summed E-state index contributed by atoms with van der Waals surface area (Å²) in [6.07, 6.45) is 1.61. The largest absolute Gasteiger partial charge is 0.390 e. The van der Waals surface area contributed by atoms with Crippen LogP contribution in [0.15, 0.2) is 6.20 Å². The van der Waals surface area contributed by atoms with Gasteiger partial charge in [-0.15, -0.1) is 0 Å². The van der Waals surface area contributed by atoms with Gasteiger partial charge in [0, 0.05) is 0 Å². The molecule has 1 rings (SSSR count). The highest BCUT2D eigenvalue weighted by molar-refractivity contribution is 14.1. The molecule has 0 bridgehead atoms. The van der Waals surface area contributed by atoms with Crippen LogP contribution in [0.3, 0.4) is 0 Å². The fourth-order valence-electron chi connectivity index (χ4n) is 0.818. The van der Waals surface area contributed by atoms with Gasteiger partial charge in [-0.1, -0.05) is 0 Å². The van der Waals surface area contributed by atoms with Crippen molar-refractivity contribution in [1.29, 1.82) is 0 Å². The third-order valence-electron chi connectivity index (χ3n) is 1.34. The second-order valence-corrected chi connectivity index (χ2v) is 3.17. The number of aliphatic hydroxyl groups is 1. The van der Waals surface area contributed by atoms with Gasteiger partial charge in [0.25, 0.3) is 0 Å². The predicted octanol–water partition coefficient (Wildman–Crippen LogP) is 0.950. The zero-order valence-electron chi connectivity index (χ0n) is 5.80. The van der Waals surface area contributed by atoms with E-state index in [9.17, 15) is 4.39 Å². The summed E-state index contributed by atoms with van der Waals surface area (Å²) in [6, 6.07) is 0. The van der Waals surface area contributed by atoms with Crippen LogP contribution in [0.4, 0.5) is 4.39 Å². The molecular formula is C6H8FIN2O. The zero-order valence-corrected chi connectivity index (χ0v) is 7.95. The number of aromatic nitrogens is 2. The molecule has 3 nitrogen and oxygen atoms in total. The molecule has 0 amide bonds. The van der Waals surface area contributed by atoms with Crippen molar-refractivity contribution in [1.82, 2.24) is 9.78 Å². The molecule has 0 atom stereocenters. The highest BCUT2D eigenvalue weighted by Crippen LogP contribution is 2.10. The van der Waals surface area contributed by atoms with Crippen LogP contribution in [-0.2, 0) is 13.2 Å². The summed E-state index contributed by atoms with van der Waals surface area (Å²) < 4.78 is 14.2. The zero-order chi connectivity index (χ0) is 8.27. The molecular weight excluding hydrogens is 262 g/mol. The molecule has 11 heavy (non-hydrogen) atoms. The van der Waals surface area contributed by atoms with Crippen LogP contribution < -0.4 is 0 Å². The molecule has 0 fully saturated rings. The maximum atomic E-state index is 11.9. The monoisotopic (exact) mass is 270 g/mol. The van der Waals surface area contributed by atoms with E-state index in [-0.39, 0.29) is 13.2 Å². The van der Waals surface area contributed by atoms with Crippen molar-refractivity contribution in [3.05, 3.63) is 15.5 Å². The molecule has 1 aromatic heterocycles. The molecule has 1 N–H and O–H groups in total. The van der Waals surface area contributed by atoms with E-state index in [2.05, 4.69) is 27.7 Å². The second-order valence-electron chi connectivity index (χ2n) is 2.01. The minimum Gasteiger partial charge on any atom is -0.390 e. The lowest BCUT2D eigenvalue weighted by atomic mass is 10.4. The lowest BCUT2D eigenvalue weighted by molar-refractivity contribution is 0.264. The summed E-state index contributed by atoms with van der Waals surface area (Å²) in [5.74, 6) is 0. The van der Waals surface area contributed by atoms with E-state index >= 15 is 0 Å². The van der Waals surface area contributed by atoms with Crippen molar-refractivity contribution in [3.63, 3.8) is 0 Å². The first-order chi connectivity index (χ1) is 5.29. The minimum absolute atomic E-state index is 0.0850. The summed E-state index contributed by atoms with van der Waals surface area (Å²) in [6.45, 7) is -0.318. The van der Waals surface area contributed by atoms with Crippen molar-refractivity contribution in [3.8, 4) is 0 Å². The molecule has 0 aliphatic rings.